The third-order valence-corrected chi connectivity index (χ3v) is 2.95. The highest BCUT2D eigenvalue weighted by Gasteiger charge is 2.27. The lowest BCUT2D eigenvalue weighted by atomic mass is 10.1. The maximum Gasteiger partial charge on any atom is 0.328 e. The molecule has 0 aliphatic rings. The first-order chi connectivity index (χ1) is 8.60. The maximum atomic E-state index is 11.7. The summed E-state index contributed by atoms with van der Waals surface area (Å²) in [7, 11) is 2.86. The Morgan fingerprint density at radius 2 is 1.94 bits per heavy atom. The van der Waals surface area contributed by atoms with Crippen LogP contribution in [0.2, 0.25) is 0 Å². The van der Waals surface area contributed by atoms with Crippen LogP contribution < -0.4 is 0 Å². The van der Waals surface area contributed by atoms with Crippen molar-refractivity contribution in [3.63, 3.8) is 0 Å². The van der Waals surface area contributed by atoms with Gasteiger partial charge in [-0.1, -0.05) is 30.3 Å². The molecule has 0 fully saturated rings. The predicted octanol–water partition coefficient (Wildman–Crippen LogP) is 1.47. The molecule has 0 N–H and O–H groups in total. The first kappa shape index (κ1) is 14.5. The van der Waals surface area contributed by atoms with Crippen LogP contribution in [-0.2, 0) is 20.7 Å². The molecule has 18 heavy (non-hydrogen) atoms. The third kappa shape index (κ3) is 3.74. The molecule has 1 atom stereocenters. The first-order valence-corrected chi connectivity index (χ1v) is 6.07. The van der Waals surface area contributed by atoms with Crippen LogP contribution in [0.25, 0.3) is 0 Å². The molecule has 98 valence electrons. The van der Waals surface area contributed by atoms with E-state index in [2.05, 4.69) is 0 Å². The fourth-order valence-corrected chi connectivity index (χ4v) is 1.81. The number of amides is 1. The number of methoxy groups -OCH3 is 1. The average Bonchev–Trinajstić information content (AvgIpc) is 2.43. The number of benzene rings is 1. The van der Waals surface area contributed by atoms with Gasteiger partial charge in [-0.15, -0.1) is 11.6 Å². The molecule has 0 aliphatic heterocycles. The van der Waals surface area contributed by atoms with Gasteiger partial charge in [0.15, 0.2) is 0 Å². The van der Waals surface area contributed by atoms with E-state index in [0.29, 0.717) is 6.42 Å². The largest absolute Gasteiger partial charge is 0.467 e. The zero-order valence-corrected chi connectivity index (χ0v) is 11.2. The minimum absolute atomic E-state index is 0.154. The van der Waals surface area contributed by atoms with Crippen LogP contribution in [0.4, 0.5) is 0 Å². The molecule has 4 nitrogen and oxygen atoms in total. The molecule has 0 bridgehead atoms. The standard InChI is InChI=1S/C13H16ClNO3/c1-15(12(16)9-14)11(13(17)18-2)8-10-6-4-3-5-7-10/h3-7,11H,8-9H2,1-2H3/t11-/m0/s1. The van der Waals surface area contributed by atoms with E-state index in [9.17, 15) is 9.59 Å². The van der Waals surface area contributed by atoms with Crippen molar-refractivity contribution in [1.82, 2.24) is 4.90 Å². The van der Waals surface area contributed by atoms with Gasteiger partial charge in [0.1, 0.15) is 11.9 Å². The summed E-state index contributed by atoms with van der Waals surface area (Å²) in [4.78, 5) is 24.6. The van der Waals surface area contributed by atoms with Crippen LogP contribution in [0.3, 0.4) is 0 Å². The Hall–Kier alpha value is -1.55. The number of ether oxygens (including phenoxy) is 1. The lowest BCUT2D eigenvalue weighted by molar-refractivity contribution is -0.151. The number of halogens is 1. The van der Waals surface area contributed by atoms with Gasteiger partial charge in [0.05, 0.1) is 7.11 Å². The zero-order valence-electron chi connectivity index (χ0n) is 10.4. The van der Waals surface area contributed by atoms with E-state index in [1.54, 1.807) is 7.05 Å². The molecular formula is C13H16ClNO3. The van der Waals surface area contributed by atoms with Crippen molar-refractivity contribution in [3.8, 4) is 0 Å². The second kappa shape index (κ2) is 7.01. The van der Waals surface area contributed by atoms with E-state index in [0.717, 1.165) is 5.56 Å². The van der Waals surface area contributed by atoms with E-state index in [1.807, 2.05) is 30.3 Å². The van der Waals surface area contributed by atoms with Crippen LogP contribution >= 0.6 is 11.6 Å². The van der Waals surface area contributed by atoms with Crippen LogP contribution in [-0.4, -0.2) is 42.9 Å². The smallest absolute Gasteiger partial charge is 0.328 e. The fraction of sp³-hybridized carbons (Fsp3) is 0.385. The monoisotopic (exact) mass is 269 g/mol. The molecule has 0 heterocycles. The summed E-state index contributed by atoms with van der Waals surface area (Å²) in [5.41, 5.74) is 0.960. The number of rotatable bonds is 5. The minimum Gasteiger partial charge on any atom is -0.467 e. The Kier molecular flexibility index (Phi) is 5.65. The third-order valence-electron chi connectivity index (χ3n) is 2.72. The lowest BCUT2D eigenvalue weighted by Crippen LogP contribution is -2.45. The van der Waals surface area contributed by atoms with E-state index in [4.69, 9.17) is 16.3 Å². The minimum atomic E-state index is -0.649. The van der Waals surface area contributed by atoms with Gasteiger partial charge in [-0.2, -0.15) is 0 Å². The van der Waals surface area contributed by atoms with Gasteiger partial charge in [0, 0.05) is 13.5 Å². The summed E-state index contributed by atoms with van der Waals surface area (Å²) in [6.45, 7) is 0. The molecule has 1 aromatic rings. The molecule has 0 radical (unpaired) electrons. The molecule has 0 aliphatic carbocycles. The number of carbonyl (C=O) groups is 2. The predicted molar refractivity (Wildman–Crippen MR) is 69.4 cm³/mol. The maximum absolute atomic E-state index is 11.7. The van der Waals surface area contributed by atoms with Gasteiger partial charge in [0.2, 0.25) is 5.91 Å². The van der Waals surface area contributed by atoms with Crippen molar-refractivity contribution in [2.24, 2.45) is 0 Å². The van der Waals surface area contributed by atoms with Gasteiger partial charge in [-0.05, 0) is 5.56 Å². The van der Waals surface area contributed by atoms with Crippen molar-refractivity contribution in [1.29, 1.82) is 0 Å². The fourth-order valence-electron chi connectivity index (χ4n) is 1.62. The summed E-state index contributed by atoms with van der Waals surface area (Å²) in [5, 5.41) is 0. The van der Waals surface area contributed by atoms with Crippen LogP contribution in [0.15, 0.2) is 30.3 Å². The number of hydrogen-bond acceptors (Lipinski definition) is 3. The van der Waals surface area contributed by atoms with E-state index in [1.165, 1.54) is 12.0 Å². The number of hydrogen-bond donors (Lipinski definition) is 0. The zero-order chi connectivity index (χ0) is 13.5. The Bertz CT molecular complexity index is 408. The van der Waals surface area contributed by atoms with E-state index < -0.39 is 12.0 Å². The van der Waals surface area contributed by atoms with Crippen molar-refractivity contribution in [3.05, 3.63) is 35.9 Å². The number of likely N-dealkylation sites (N-methyl/N-ethyl adjacent to an activating group) is 1. The molecule has 1 aromatic carbocycles. The summed E-state index contributed by atoms with van der Waals surface area (Å²) in [6.07, 6.45) is 0.409. The van der Waals surface area contributed by atoms with Crippen LogP contribution in [0.5, 0.6) is 0 Å². The highest BCUT2D eigenvalue weighted by molar-refractivity contribution is 6.27. The summed E-state index contributed by atoms with van der Waals surface area (Å²) in [5.74, 6) is -0.901. The molecule has 1 amide bonds. The molecule has 0 spiro atoms. The van der Waals surface area contributed by atoms with Crippen molar-refractivity contribution < 1.29 is 14.3 Å². The Morgan fingerprint density at radius 3 is 2.44 bits per heavy atom. The molecule has 0 saturated heterocycles. The normalized spacial score (nSPS) is 11.7. The summed E-state index contributed by atoms with van der Waals surface area (Å²) < 4.78 is 4.72. The Balaban J connectivity index is 2.86. The van der Waals surface area contributed by atoms with Crippen LogP contribution in [0.1, 0.15) is 5.56 Å². The Labute approximate surface area is 111 Å². The van der Waals surface area contributed by atoms with Gasteiger partial charge < -0.3 is 9.64 Å². The molecule has 5 heteroatoms. The van der Waals surface area contributed by atoms with Crippen LogP contribution in [0, 0.1) is 0 Å². The van der Waals surface area contributed by atoms with Gasteiger partial charge in [-0.25, -0.2) is 4.79 Å². The number of carbonyl (C=O) groups excluding carboxylic acids is 2. The number of esters is 1. The first-order valence-electron chi connectivity index (χ1n) is 5.53. The lowest BCUT2D eigenvalue weighted by Gasteiger charge is -2.25. The van der Waals surface area contributed by atoms with Gasteiger partial charge >= 0.3 is 5.97 Å². The molecule has 0 unspecified atom stereocenters. The average molecular weight is 270 g/mol. The highest BCUT2D eigenvalue weighted by Crippen LogP contribution is 2.10. The second-order valence-corrected chi connectivity index (χ2v) is 4.13. The second-order valence-electron chi connectivity index (χ2n) is 3.87. The summed E-state index contributed by atoms with van der Waals surface area (Å²) >= 11 is 5.50. The SMILES string of the molecule is COC(=O)[C@H](Cc1ccccc1)N(C)C(=O)CCl. The van der Waals surface area contributed by atoms with Gasteiger partial charge in [-0.3, -0.25) is 4.79 Å². The van der Waals surface area contributed by atoms with Gasteiger partial charge in [0.25, 0.3) is 0 Å². The Morgan fingerprint density at radius 1 is 1.33 bits per heavy atom. The molecule has 0 saturated carbocycles. The number of alkyl halides is 1. The number of nitrogens with zero attached hydrogens (tertiary/aromatic N) is 1. The van der Waals surface area contributed by atoms with E-state index in [-0.39, 0.29) is 11.8 Å². The molecule has 0 aromatic heterocycles. The van der Waals surface area contributed by atoms with Crippen molar-refractivity contribution >= 4 is 23.5 Å². The quantitative estimate of drug-likeness (QED) is 0.601. The van der Waals surface area contributed by atoms with Crippen molar-refractivity contribution in [2.45, 2.75) is 12.5 Å². The molecular weight excluding hydrogens is 254 g/mol. The highest BCUT2D eigenvalue weighted by atomic mass is 35.5. The van der Waals surface area contributed by atoms with E-state index >= 15 is 0 Å². The van der Waals surface area contributed by atoms with Crippen molar-refractivity contribution in [2.75, 3.05) is 20.0 Å². The molecule has 1 rings (SSSR count). The summed E-state index contributed by atoms with van der Waals surface area (Å²) in [6, 6.07) is 8.80. The topological polar surface area (TPSA) is 46.6 Å².